The van der Waals surface area contributed by atoms with E-state index in [4.69, 9.17) is 0 Å². The van der Waals surface area contributed by atoms with Crippen LogP contribution in [0.4, 0.5) is 5.69 Å². The standard InChI is InChI=1S/C19H24N6O2S2/c1-4-25-15(10-16(26)21-14-8-12(2)7-13(3)9-14)23-24-19(25)29-11-17(27)22-18-20-5-6-28-18/h7-9H,4-6,10-11H2,1-3H3,(H,21,26)(H,20,22,27). The quantitative estimate of drug-likeness (QED) is 0.652. The van der Waals surface area contributed by atoms with Crippen molar-refractivity contribution in [3.63, 3.8) is 0 Å². The zero-order valence-corrected chi connectivity index (χ0v) is 18.3. The number of benzene rings is 1. The van der Waals surface area contributed by atoms with Crippen LogP contribution in [-0.4, -0.2) is 49.8 Å². The lowest BCUT2D eigenvalue weighted by Gasteiger charge is -2.09. The zero-order chi connectivity index (χ0) is 20.8. The number of nitrogens with zero attached hydrogens (tertiary/aromatic N) is 4. The van der Waals surface area contributed by atoms with Gasteiger partial charge in [-0.3, -0.25) is 14.6 Å². The second kappa shape index (κ2) is 9.93. The highest BCUT2D eigenvalue weighted by atomic mass is 32.2. The van der Waals surface area contributed by atoms with Crippen LogP contribution in [0.1, 0.15) is 23.9 Å². The third-order valence-corrected chi connectivity index (χ3v) is 5.96. The Bertz CT molecular complexity index is 921. The van der Waals surface area contributed by atoms with E-state index in [1.54, 1.807) is 11.8 Å². The summed E-state index contributed by atoms with van der Waals surface area (Å²) in [6, 6.07) is 5.92. The number of amidine groups is 1. The first-order valence-electron chi connectivity index (χ1n) is 9.34. The number of anilines is 1. The van der Waals surface area contributed by atoms with E-state index in [1.165, 1.54) is 11.8 Å². The second-order valence-electron chi connectivity index (χ2n) is 6.62. The minimum atomic E-state index is -0.150. The van der Waals surface area contributed by atoms with Gasteiger partial charge in [-0.1, -0.05) is 29.6 Å². The van der Waals surface area contributed by atoms with E-state index in [2.05, 4.69) is 31.9 Å². The van der Waals surface area contributed by atoms with Gasteiger partial charge in [-0.25, -0.2) is 0 Å². The molecule has 2 N–H and O–H groups in total. The molecule has 0 bridgehead atoms. The summed E-state index contributed by atoms with van der Waals surface area (Å²) in [7, 11) is 0. The number of hydrogen-bond donors (Lipinski definition) is 2. The van der Waals surface area contributed by atoms with Gasteiger partial charge in [0.25, 0.3) is 0 Å². The average molecular weight is 433 g/mol. The molecule has 8 nitrogen and oxygen atoms in total. The fourth-order valence-electron chi connectivity index (χ4n) is 2.97. The van der Waals surface area contributed by atoms with Gasteiger partial charge < -0.3 is 15.2 Å². The number of aliphatic imine (C=N–C) groups is 1. The lowest BCUT2D eigenvalue weighted by atomic mass is 10.1. The maximum atomic E-state index is 12.5. The van der Waals surface area contributed by atoms with Gasteiger partial charge in [0.15, 0.2) is 10.3 Å². The summed E-state index contributed by atoms with van der Waals surface area (Å²) in [5.74, 6) is 1.42. The monoisotopic (exact) mass is 432 g/mol. The molecule has 2 aromatic rings. The molecule has 0 radical (unpaired) electrons. The van der Waals surface area contributed by atoms with Crippen LogP contribution in [0.15, 0.2) is 28.3 Å². The van der Waals surface area contributed by atoms with Crippen LogP contribution in [0.5, 0.6) is 0 Å². The first-order chi connectivity index (χ1) is 13.9. The van der Waals surface area contributed by atoms with Gasteiger partial charge in [-0.2, -0.15) is 0 Å². The molecule has 1 aliphatic heterocycles. The lowest BCUT2D eigenvalue weighted by Crippen LogP contribution is -2.29. The van der Waals surface area contributed by atoms with Crippen LogP contribution >= 0.6 is 23.5 Å². The predicted octanol–water partition coefficient (Wildman–Crippen LogP) is 2.41. The zero-order valence-electron chi connectivity index (χ0n) is 16.7. The molecule has 0 atom stereocenters. The number of carbonyl (C=O) groups excluding carboxylic acids is 2. The summed E-state index contributed by atoms with van der Waals surface area (Å²) in [6.45, 7) is 7.31. The smallest absolute Gasteiger partial charge is 0.236 e. The summed E-state index contributed by atoms with van der Waals surface area (Å²) in [4.78, 5) is 28.7. The Hall–Kier alpha value is -2.33. The molecule has 0 spiro atoms. The SMILES string of the molecule is CCn1c(CC(=O)Nc2cc(C)cc(C)c2)nnc1SCC(=O)NC1=NCCS1. The molecule has 2 amide bonds. The maximum Gasteiger partial charge on any atom is 0.236 e. The fourth-order valence-corrected chi connectivity index (χ4v) is 4.53. The van der Waals surface area contributed by atoms with Crippen LogP contribution in [-0.2, 0) is 22.6 Å². The van der Waals surface area contributed by atoms with E-state index in [0.717, 1.165) is 29.1 Å². The summed E-state index contributed by atoms with van der Waals surface area (Å²) in [6.07, 6.45) is 0.119. The molecular weight excluding hydrogens is 408 g/mol. The van der Waals surface area contributed by atoms with E-state index < -0.39 is 0 Å². The van der Waals surface area contributed by atoms with Crippen LogP contribution in [0.2, 0.25) is 0 Å². The summed E-state index contributed by atoms with van der Waals surface area (Å²) >= 11 is 2.84. The third-order valence-electron chi connectivity index (χ3n) is 4.10. The summed E-state index contributed by atoms with van der Waals surface area (Å²) in [5.41, 5.74) is 2.96. The Kier molecular flexibility index (Phi) is 7.32. The number of amides is 2. The fraction of sp³-hybridized carbons (Fsp3) is 0.421. The highest BCUT2D eigenvalue weighted by Crippen LogP contribution is 2.19. The maximum absolute atomic E-state index is 12.5. The van der Waals surface area contributed by atoms with Crippen LogP contribution in [0.3, 0.4) is 0 Å². The highest BCUT2D eigenvalue weighted by molar-refractivity contribution is 8.14. The molecule has 3 rings (SSSR count). The van der Waals surface area contributed by atoms with Gasteiger partial charge in [-0.05, 0) is 44.0 Å². The predicted molar refractivity (Wildman–Crippen MR) is 118 cm³/mol. The van der Waals surface area contributed by atoms with Crippen molar-refractivity contribution in [1.29, 1.82) is 0 Å². The van der Waals surface area contributed by atoms with Gasteiger partial charge in [0.2, 0.25) is 11.8 Å². The van der Waals surface area contributed by atoms with Crippen molar-refractivity contribution in [3.8, 4) is 0 Å². The van der Waals surface area contributed by atoms with Crippen molar-refractivity contribution >= 4 is 46.2 Å². The van der Waals surface area contributed by atoms with Crippen molar-refractivity contribution in [2.24, 2.45) is 4.99 Å². The van der Waals surface area contributed by atoms with Gasteiger partial charge in [0.1, 0.15) is 5.82 Å². The average Bonchev–Trinajstić information content (AvgIpc) is 3.28. The molecule has 1 aromatic heterocycles. The van der Waals surface area contributed by atoms with Gasteiger partial charge in [-0.15, -0.1) is 10.2 Å². The van der Waals surface area contributed by atoms with E-state index in [0.29, 0.717) is 22.7 Å². The summed E-state index contributed by atoms with van der Waals surface area (Å²) < 4.78 is 1.86. The molecule has 10 heteroatoms. The number of aryl methyl sites for hydroxylation is 2. The largest absolute Gasteiger partial charge is 0.326 e. The molecule has 0 saturated heterocycles. The van der Waals surface area contributed by atoms with Crippen molar-refractivity contribution in [1.82, 2.24) is 20.1 Å². The number of nitrogens with one attached hydrogen (secondary N) is 2. The van der Waals surface area contributed by atoms with E-state index in [9.17, 15) is 9.59 Å². The van der Waals surface area contributed by atoms with Gasteiger partial charge in [0.05, 0.1) is 18.7 Å². The Labute approximate surface area is 178 Å². The molecule has 1 aliphatic rings. The van der Waals surface area contributed by atoms with Crippen LogP contribution < -0.4 is 10.6 Å². The molecule has 154 valence electrons. The molecule has 0 saturated carbocycles. The van der Waals surface area contributed by atoms with Crippen molar-refractivity contribution in [2.45, 2.75) is 38.9 Å². The number of carbonyl (C=O) groups is 2. The lowest BCUT2D eigenvalue weighted by molar-refractivity contribution is -0.117. The first-order valence-corrected chi connectivity index (χ1v) is 11.3. The number of rotatable bonds is 7. The van der Waals surface area contributed by atoms with E-state index >= 15 is 0 Å². The third kappa shape index (κ3) is 6.07. The van der Waals surface area contributed by atoms with Crippen LogP contribution in [0, 0.1) is 13.8 Å². The second-order valence-corrected chi connectivity index (χ2v) is 8.64. The first kappa shape index (κ1) is 21.4. The summed E-state index contributed by atoms with van der Waals surface area (Å²) in [5, 5.41) is 15.3. The van der Waals surface area contributed by atoms with Crippen molar-refractivity contribution < 1.29 is 9.59 Å². The Morgan fingerprint density at radius 1 is 1.14 bits per heavy atom. The number of aromatic nitrogens is 3. The minimum absolute atomic E-state index is 0.119. The topological polar surface area (TPSA) is 101 Å². The minimum Gasteiger partial charge on any atom is -0.326 e. The van der Waals surface area contributed by atoms with E-state index in [1.807, 2.05) is 37.5 Å². The Balaban J connectivity index is 1.58. The number of thioether (sulfide) groups is 2. The van der Waals surface area contributed by atoms with Gasteiger partial charge in [0, 0.05) is 18.0 Å². The molecule has 0 fully saturated rings. The normalized spacial score (nSPS) is 13.3. The van der Waals surface area contributed by atoms with Crippen molar-refractivity contribution in [2.75, 3.05) is 23.4 Å². The van der Waals surface area contributed by atoms with Gasteiger partial charge >= 0.3 is 0 Å². The molecule has 1 aromatic carbocycles. The molecule has 0 unspecified atom stereocenters. The van der Waals surface area contributed by atoms with Crippen molar-refractivity contribution in [3.05, 3.63) is 35.2 Å². The van der Waals surface area contributed by atoms with E-state index in [-0.39, 0.29) is 24.0 Å². The highest BCUT2D eigenvalue weighted by Gasteiger charge is 2.17. The number of hydrogen-bond acceptors (Lipinski definition) is 7. The van der Waals surface area contributed by atoms with Crippen LogP contribution in [0.25, 0.3) is 0 Å². The molecule has 29 heavy (non-hydrogen) atoms. The molecule has 2 heterocycles. The Morgan fingerprint density at radius 3 is 2.55 bits per heavy atom. The molecular formula is C19H24N6O2S2. The molecule has 0 aliphatic carbocycles. The Morgan fingerprint density at radius 2 is 1.90 bits per heavy atom.